The lowest BCUT2D eigenvalue weighted by molar-refractivity contribution is 0.0599. The van der Waals surface area contributed by atoms with Crippen LogP contribution in [0.1, 0.15) is 35.7 Å². The Balaban J connectivity index is 2.72. The molecule has 0 saturated carbocycles. The SMILES string of the molecule is C#CCC(CC)NCc1ccccc1C(=O)OC. The van der Waals surface area contributed by atoms with Crippen LogP contribution < -0.4 is 5.32 Å². The zero-order valence-corrected chi connectivity index (χ0v) is 10.9. The molecule has 18 heavy (non-hydrogen) atoms. The number of nitrogens with one attached hydrogen (secondary N) is 1. The normalized spacial score (nSPS) is 11.6. The minimum atomic E-state index is -0.308. The maximum absolute atomic E-state index is 11.6. The maximum atomic E-state index is 11.6. The lowest BCUT2D eigenvalue weighted by Crippen LogP contribution is -2.28. The van der Waals surface area contributed by atoms with Gasteiger partial charge in [-0.15, -0.1) is 12.3 Å². The first-order valence-corrected chi connectivity index (χ1v) is 6.06. The summed E-state index contributed by atoms with van der Waals surface area (Å²) in [7, 11) is 1.39. The summed E-state index contributed by atoms with van der Waals surface area (Å²) in [6.45, 7) is 2.70. The highest BCUT2D eigenvalue weighted by Gasteiger charge is 2.11. The van der Waals surface area contributed by atoms with E-state index in [0.717, 1.165) is 12.0 Å². The van der Waals surface area contributed by atoms with Crippen LogP contribution >= 0.6 is 0 Å². The topological polar surface area (TPSA) is 38.3 Å². The van der Waals surface area contributed by atoms with Gasteiger partial charge in [0, 0.05) is 19.0 Å². The Morgan fingerprint density at radius 2 is 2.22 bits per heavy atom. The van der Waals surface area contributed by atoms with Gasteiger partial charge < -0.3 is 10.1 Å². The van der Waals surface area contributed by atoms with Gasteiger partial charge in [-0.3, -0.25) is 0 Å². The van der Waals surface area contributed by atoms with Gasteiger partial charge in [-0.1, -0.05) is 25.1 Å². The van der Waals surface area contributed by atoms with Gasteiger partial charge in [0.1, 0.15) is 0 Å². The van der Waals surface area contributed by atoms with Crippen LogP contribution in [0.4, 0.5) is 0 Å². The van der Waals surface area contributed by atoms with E-state index in [0.29, 0.717) is 18.5 Å². The third-order valence-corrected chi connectivity index (χ3v) is 2.86. The Hall–Kier alpha value is -1.79. The van der Waals surface area contributed by atoms with Crippen LogP contribution in [0.2, 0.25) is 0 Å². The molecule has 1 aromatic rings. The average Bonchev–Trinajstić information content (AvgIpc) is 2.43. The average molecular weight is 245 g/mol. The molecule has 3 heteroatoms. The molecule has 0 aliphatic rings. The van der Waals surface area contributed by atoms with Gasteiger partial charge in [-0.25, -0.2) is 4.79 Å². The molecule has 0 amide bonds. The quantitative estimate of drug-likeness (QED) is 0.617. The van der Waals surface area contributed by atoms with E-state index in [-0.39, 0.29) is 12.0 Å². The Kier molecular flexibility index (Phi) is 5.96. The Morgan fingerprint density at radius 3 is 2.83 bits per heavy atom. The van der Waals surface area contributed by atoms with Gasteiger partial charge >= 0.3 is 5.97 Å². The standard InChI is InChI=1S/C15H19NO2/c1-4-8-13(5-2)16-11-12-9-6-7-10-14(12)15(17)18-3/h1,6-7,9-10,13,16H,5,8,11H2,2-3H3. The molecule has 1 aromatic carbocycles. The first kappa shape index (κ1) is 14.3. The van der Waals surface area contributed by atoms with E-state index in [1.54, 1.807) is 6.07 Å². The van der Waals surface area contributed by atoms with E-state index in [2.05, 4.69) is 18.2 Å². The number of methoxy groups -OCH3 is 1. The lowest BCUT2D eigenvalue weighted by Gasteiger charge is -2.15. The largest absolute Gasteiger partial charge is 0.465 e. The fourth-order valence-electron chi connectivity index (χ4n) is 1.74. The first-order valence-electron chi connectivity index (χ1n) is 6.06. The maximum Gasteiger partial charge on any atom is 0.338 e. The smallest absolute Gasteiger partial charge is 0.338 e. The van der Waals surface area contributed by atoms with E-state index >= 15 is 0 Å². The molecular weight excluding hydrogens is 226 g/mol. The van der Waals surface area contributed by atoms with E-state index < -0.39 is 0 Å². The van der Waals surface area contributed by atoms with Crippen LogP contribution in [-0.4, -0.2) is 19.1 Å². The second kappa shape index (κ2) is 7.52. The monoisotopic (exact) mass is 245 g/mol. The number of hydrogen-bond donors (Lipinski definition) is 1. The molecule has 0 aliphatic heterocycles. The highest BCUT2D eigenvalue weighted by Crippen LogP contribution is 2.10. The van der Waals surface area contributed by atoms with Crippen molar-refractivity contribution in [1.82, 2.24) is 5.32 Å². The summed E-state index contributed by atoms with van der Waals surface area (Å²) >= 11 is 0. The summed E-state index contributed by atoms with van der Waals surface area (Å²) in [4.78, 5) is 11.6. The van der Waals surface area contributed by atoms with E-state index in [1.807, 2.05) is 18.2 Å². The van der Waals surface area contributed by atoms with Gasteiger partial charge in [0.15, 0.2) is 0 Å². The van der Waals surface area contributed by atoms with Crippen molar-refractivity contribution >= 4 is 5.97 Å². The van der Waals surface area contributed by atoms with Crippen LogP contribution in [0, 0.1) is 12.3 Å². The summed E-state index contributed by atoms with van der Waals surface area (Å²) in [6, 6.07) is 7.70. The predicted molar refractivity (Wildman–Crippen MR) is 72.2 cm³/mol. The molecule has 1 N–H and O–H groups in total. The minimum Gasteiger partial charge on any atom is -0.465 e. The van der Waals surface area contributed by atoms with E-state index in [1.165, 1.54) is 7.11 Å². The third kappa shape index (κ3) is 3.90. The Labute approximate surface area is 109 Å². The van der Waals surface area contributed by atoms with Crippen molar-refractivity contribution in [3.8, 4) is 12.3 Å². The molecule has 96 valence electrons. The molecule has 0 heterocycles. The molecule has 0 saturated heterocycles. The van der Waals surface area contributed by atoms with Crippen molar-refractivity contribution in [2.24, 2.45) is 0 Å². The predicted octanol–water partition coefficient (Wildman–Crippen LogP) is 2.36. The molecule has 0 aromatic heterocycles. The molecular formula is C15H19NO2. The van der Waals surface area contributed by atoms with Gasteiger partial charge in [-0.05, 0) is 18.1 Å². The molecule has 0 fully saturated rings. The summed E-state index contributed by atoms with van der Waals surface area (Å²) in [5, 5.41) is 3.36. The van der Waals surface area contributed by atoms with Crippen molar-refractivity contribution < 1.29 is 9.53 Å². The van der Waals surface area contributed by atoms with Crippen molar-refractivity contribution in [2.75, 3.05) is 7.11 Å². The molecule has 3 nitrogen and oxygen atoms in total. The van der Waals surface area contributed by atoms with Crippen molar-refractivity contribution in [1.29, 1.82) is 0 Å². The van der Waals surface area contributed by atoms with E-state index in [9.17, 15) is 4.79 Å². The summed E-state index contributed by atoms with van der Waals surface area (Å²) < 4.78 is 4.76. The number of rotatable bonds is 6. The van der Waals surface area contributed by atoms with Crippen LogP contribution in [0.25, 0.3) is 0 Å². The number of carbonyl (C=O) groups is 1. The van der Waals surface area contributed by atoms with Crippen LogP contribution in [0.5, 0.6) is 0 Å². The van der Waals surface area contributed by atoms with Crippen molar-refractivity contribution in [3.63, 3.8) is 0 Å². The van der Waals surface area contributed by atoms with Gasteiger partial charge in [0.05, 0.1) is 12.7 Å². The first-order chi connectivity index (χ1) is 8.72. The second-order valence-electron chi connectivity index (χ2n) is 4.04. The summed E-state index contributed by atoms with van der Waals surface area (Å²) in [5.74, 6) is 2.34. The number of hydrogen-bond acceptors (Lipinski definition) is 3. The lowest BCUT2D eigenvalue weighted by atomic mass is 10.1. The molecule has 0 aliphatic carbocycles. The number of carbonyl (C=O) groups excluding carboxylic acids is 1. The molecule has 0 radical (unpaired) electrons. The van der Waals surface area contributed by atoms with Gasteiger partial charge in [0.2, 0.25) is 0 Å². The fourth-order valence-corrected chi connectivity index (χ4v) is 1.74. The highest BCUT2D eigenvalue weighted by molar-refractivity contribution is 5.90. The number of benzene rings is 1. The number of ether oxygens (including phenoxy) is 1. The fraction of sp³-hybridized carbons (Fsp3) is 0.400. The Morgan fingerprint density at radius 1 is 1.50 bits per heavy atom. The van der Waals surface area contributed by atoms with Crippen molar-refractivity contribution in [2.45, 2.75) is 32.4 Å². The van der Waals surface area contributed by atoms with Crippen molar-refractivity contribution in [3.05, 3.63) is 35.4 Å². The van der Waals surface area contributed by atoms with Gasteiger partial charge in [0.25, 0.3) is 0 Å². The zero-order chi connectivity index (χ0) is 13.4. The summed E-state index contributed by atoms with van der Waals surface area (Å²) in [6.07, 6.45) is 6.96. The minimum absolute atomic E-state index is 0.278. The third-order valence-electron chi connectivity index (χ3n) is 2.86. The second-order valence-corrected chi connectivity index (χ2v) is 4.04. The molecule has 0 spiro atoms. The molecule has 1 rings (SSSR count). The van der Waals surface area contributed by atoms with E-state index in [4.69, 9.17) is 11.2 Å². The van der Waals surface area contributed by atoms with Crippen LogP contribution in [0.3, 0.4) is 0 Å². The van der Waals surface area contributed by atoms with Gasteiger partial charge in [-0.2, -0.15) is 0 Å². The Bertz CT molecular complexity index is 434. The van der Waals surface area contributed by atoms with Crippen LogP contribution in [0.15, 0.2) is 24.3 Å². The zero-order valence-electron chi connectivity index (χ0n) is 10.9. The van der Waals surface area contributed by atoms with Crippen LogP contribution in [-0.2, 0) is 11.3 Å². The molecule has 1 atom stereocenters. The number of terminal acetylenes is 1. The number of esters is 1. The highest BCUT2D eigenvalue weighted by atomic mass is 16.5. The summed E-state index contributed by atoms with van der Waals surface area (Å²) in [5.41, 5.74) is 1.53. The molecule has 0 bridgehead atoms. The molecule has 1 unspecified atom stereocenters.